The van der Waals surface area contributed by atoms with Gasteiger partial charge in [-0.25, -0.2) is 0 Å². The summed E-state index contributed by atoms with van der Waals surface area (Å²) in [5.74, 6) is -0.385. The fraction of sp³-hybridized carbons (Fsp3) is 0.286. The Balaban J connectivity index is 1.57. The van der Waals surface area contributed by atoms with Crippen molar-refractivity contribution in [1.29, 1.82) is 0 Å². The topological polar surface area (TPSA) is 92.9 Å². The van der Waals surface area contributed by atoms with Gasteiger partial charge in [-0.05, 0) is 36.8 Å². The summed E-state index contributed by atoms with van der Waals surface area (Å²) in [4.78, 5) is 39.2. The highest BCUT2D eigenvalue weighted by molar-refractivity contribution is 5.97. The van der Waals surface area contributed by atoms with E-state index in [0.29, 0.717) is 30.9 Å². The molecule has 3 amide bonds. The monoisotopic (exact) mass is 381 g/mol. The predicted octanol–water partition coefficient (Wildman–Crippen LogP) is 1.34. The van der Waals surface area contributed by atoms with Crippen molar-refractivity contribution in [3.05, 3.63) is 65.2 Å². The minimum atomic E-state index is -0.567. The van der Waals surface area contributed by atoms with Crippen molar-refractivity contribution < 1.29 is 19.1 Å². The molecule has 146 valence electrons. The van der Waals surface area contributed by atoms with Crippen LogP contribution in [0.5, 0.6) is 5.75 Å². The lowest BCUT2D eigenvalue weighted by atomic mass is 10.1. The number of nitrogens with zero attached hydrogens (tertiary/aromatic N) is 2. The van der Waals surface area contributed by atoms with E-state index in [1.807, 2.05) is 25.1 Å². The van der Waals surface area contributed by atoms with E-state index < -0.39 is 5.91 Å². The van der Waals surface area contributed by atoms with E-state index in [0.717, 1.165) is 11.1 Å². The summed E-state index contributed by atoms with van der Waals surface area (Å²) < 4.78 is 5.18. The van der Waals surface area contributed by atoms with Crippen LogP contribution in [0, 0.1) is 6.92 Å². The molecule has 1 aliphatic rings. The Bertz CT molecular complexity index is 879. The number of amides is 3. The molecule has 7 nitrogen and oxygen atoms in total. The Hall–Kier alpha value is -3.35. The maximum absolute atomic E-state index is 12.7. The van der Waals surface area contributed by atoms with Crippen LogP contribution in [0.3, 0.4) is 0 Å². The molecule has 1 saturated heterocycles. The van der Waals surface area contributed by atoms with E-state index in [1.54, 1.807) is 34.1 Å². The van der Waals surface area contributed by atoms with Gasteiger partial charge in [-0.3, -0.25) is 14.4 Å². The fourth-order valence-corrected chi connectivity index (χ4v) is 3.11. The Morgan fingerprint density at radius 2 is 1.86 bits per heavy atom. The van der Waals surface area contributed by atoms with Crippen LogP contribution >= 0.6 is 0 Å². The molecule has 7 heteroatoms. The van der Waals surface area contributed by atoms with Gasteiger partial charge >= 0.3 is 0 Å². The quantitative estimate of drug-likeness (QED) is 0.817. The van der Waals surface area contributed by atoms with Crippen molar-refractivity contribution in [2.75, 3.05) is 26.2 Å². The second kappa shape index (κ2) is 8.56. The van der Waals surface area contributed by atoms with Gasteiger partial charge in [0.15, 0.2) is 6.61 Å². The number of hydrogen-bond donors (Lipinski definition) is 1. The van der Waals surface area contributed by atoms with Crippen LogP contribution in [0.15, 0.2) is 48.5 Å². The molecule has 0 spiro atoms. The van der Waals surface area contributed by atoms with Crippen molar-refractivity contribution in [2.24, 2.45) is 5.73 Å². The molecule has 0 saturated carbocycles. The predicted molar refractivity (Wildman–Crippen MR) is 104 cm³/mol. The van der Waals surface area contributed by atoms with Gasteiger partial charge in [0.2, 0.25) is 5.91 Å². The zero-order chi connectivity index (χ0) is 20.1. The molecule has 1 aliphatic heterocycles. The lowest BCUT2D eigenvalue weighted by Gasteiger charge is -2.34. The van der Waals surface area contributed by atoms with Gasteiger partial charge in [0, 0.05) is 25.2 Å². The first kappa shape index (κ1) is 19.4. The van der Waals surface area contributed by atoms with Gasteiger partial charge in [0.05, 0.1) is 0 Å². The molecule has 0 atom stereocenters. The molecular weight excluding hydrogens is 358 g/mol. The number of carbonyl (C=O) groups is 3. The summed E-state index contributed by atoms with van der Waals surface area (Å²) in [5.41, 5.74) is 7.74. The average molecular weight is 381 g/mol. The van der Waals surface area contributed by atoms with Crippen LogP contribution in [0.4, 0.5) is 0 Å². The van der Waals surface area contributed by atoms with E-state index in [1.165, 1.54) is 0 Å². The van der Waals surface area contributed by atoms with Gasteiger partial charge in [-0.1, -0.05) is 29.8 Å². The van der Waals surface area contributed by atoms with Crippen LogP contribution < -0.4 is 10.5 Å². The lowest BCUT2D eigenvalue weighted by molar-refractivity contribution is -0.135. The largest absolute Gasteiger partial charge is 0.484 e. The van der Waals surface area contributed by atoms with Crippen molar-refractivity contribution in [3.63, 3.8) is 0 Å². The van der Waals surface area contributed by atoms with Crippen LogP contribution in [0.25, 0.3) is 0 Å². The van der Waals surface area contributed by atoms with Crippen LogP contribution in [0.2, 0.25) is 0 Å². The highest BCUT2D eigenvalue weighted by Crippen LogP contribution is 2.16. The first-order valence-corrected chi connectivity index (χ1v) is 9.06. The SMILES string of the molecule is Cc1cccc(CN2CCN(C(=O)c3ccc(OCC(N)=O)cc3)CC2=O)c1. The van der Waals surface area contributed by atoms with Gasteiger partial charge in [0.1, 0.15) is 12.3 Å². The second-order valence-corrected chi connectivity index (χ2v) is 6.81. The maximum atomic E-state index is 12.7. The van der Waals surface area contributed by atoms with E-state index in [-0.39, 0.29) is 25.0 Å². The fourth-order valence-electron chi connectivity index (χ4n) is 3.11. The smallest absolute Gasteiger partial charge is 0.255 e. The number of rotatable bonds is 6. The third-order valence-electron chi connectivity index (χ3n) is 4.54. The van der Waals surface area contributed by atoms with Crippen LogP contribution in [-0.2, 0) is 16.1 Å². The number of benzene rings is 2. The molecule has 0 radical (unpaired) electrons. The number of nitrogens with two attached hydrogens (primary N) is 1. The standard InChI is InChI=1S/C21H23N3O4/c1-15-3-2-4-16(11-15)12-23-9-10-24(13-20(23)26)21(27)17-5-7-18(8-6-17)28-14-19(22)25/h2-8,11H,9-10,12-14H2,1H3,(H2,22,25). The number of hydrogen-bond acceptors (Lipinski definition) is 4. The van der Waals surface area contributed by atoms with Gasteiger partial charge < -0.3 is 20.3 Å². The Morgan fingerprint density at radius 1 is 1.11 bits per heavy atom. The van der Waals surface area contributed by atoms with Crippen molar-refractivity contribution >= 4 is 17.7 Å². The van der Waals surface area contributed by atoms with E-state index in [4.69, 9.17) is 10.5 Å². The Morgan fingerprint density at radius 3 is 2.50 bits per heavy atom. The molecule has 28 heavy (non-hydrogen) atoms. The number of primary amides is 1. The normalized spacial score (nSPS) is 14.1. The molecule has 0 aromatic heterocycles. The minimum Gasteiger partial charge on any atom is -0.484 e. The number of carbonyl (C=O) groups excluding carboxylic acids is 3. The zero-order valence-electron chi connectivity index (χ0n) is 15.8. The summed E-state index contributed by atoms with van der Waals surface area (Å²) in [6, 6.07) is 14.5. The highest BCUT2D eigenvalue weighted by Gasteiger charge is 2.27. The first-order chi connectivity index (χ1) is 13.4. The molecule has 2 aromatic carbocycles. The number of piperazine rings is 1. The maximum Gasteiger partial charge on any atom is 0.255 e. The molecule has 0 aliphatic carbocycles. The summed E-state index contributed by atoms with van der Waals surface area (Å²) in [6.07, 6.45) is 0. The van der Waals surface area contributed by atoms with E-state index in [9.17, 15) is 14.4 Å². The number of ether oxygens (including phenoxy) is 1. The first-order valence-electron chi connectivity index (χ1n) is 9.06. The van der Waals surface area contributed by atoms with Crippen LogP contribution in [0.1, 0.15) is 21.5 Å². The summed E-state index contributed by atoms with van der Waals surface area (Å²) >= 11 is 0. The summed E-state index contributed by atoms with van der Waals surface area (Å²) in [6.45, 7) is 3.39. The second-order valence-electron chi connectivity index (χ2n) is 6.81. The molecular formula is C21H23N3O4. The molecule has 2 N–H and O–H groups in total. The van der Waals surface area contributed by atoms with Gasteiger partial charge in [-0.15, -0.1) is 0 Å². The van der Waals surface area contributed by atoms with Gasteiger partial charge in [0.25, 0.3) is 11.8 Å². The van der Waals surface area contributed by atoms with Crippen molar-refractivity contribution in [2.45, 2.75) is 13.5 Å². The van der Waals surface area contributed by atoms with Crippen molar-refractivity contribution in [3.8, 4) is 5.75 Å². The molecule has 1 fully saturated rings. The third-order valence-corrected chi connectivity index (χ3v) is 4.54. The average Bonchev–Trinajstić information content (AvgIpc) is 2.68. The van der Waals surface area contributed by atoms with Gasteiger partial charge in [-0.2, -0.15) is 0 Å². The molecule has 3 rings (SSSR count). The lowest BCUT2D eigenvalue weighted by Crippen LogP contribution is -2.51. The molecule has 1 heterocycles. The third kappa shape index (κ3) is 4.88. The molecule has 0 unspecified atom stereocenters. The van der Waals surface area contributed by atoms with E-state index in [2.05, 4.69) is 6.07 Å². The van der Waals surface area contributed by atoms with Crippen LogP contribution in [-0.4, -0.2) is 53.8 Å². The Kier molecular flexibility index (Phi) is 5.93. The zero-order valence-corrected chi connectivity index (χ0v) is 15.8. The molecule has 2 aromatic rings. The van der Waals surface area contributed by atoms with Crippen molar-refractivity contribution in [1.82, 2.24) is 9.80 Å². The Labute approximate surface area is 163 Å². The summed E-state index contributed by atoms with van der Waals surface area (Å²) in [7, 11) is 0. The number of aryl methyl sites for hydroxylation is 1. The van der Waals surface area contributed by atoms with E-state index >= 15 is 0 Å². The highest BCUT2D eigenvalue weighted by atomic mass is 16.5. The minimum absolute atomic E-state index is 0.0601. The summed E-state index contributed by atoms with van der Waals surface area (Å²) in [5, 5.41) is 0. The molecule has 0 bridgehead atoms.